The number of aromatic amines is 1. The summed E-state index contributed by atoms with van der Waals surface area (Å²) in [4.78, 5) is 21.1. The summed E-state index contributed by atoms with van der Waals surface area (Å²) in [6.07, 6.45) is 7.46. The number of carbonyl (C=O) groups excluding carboxylic acids is 1. The molecule has 0 saturated heterocycles. The number of allylic oxidation sites excluding steroid dienone is 4. The summed E-state index contributed by atoms with van der Waals surface area (Å²) in [6.45, 7) is 3.88. The molecule has 6 heteroatoms. The van der Waals surface area contributed by atoms with E-state index in [1.807, 2.05) is 50.3 Å². The first-order valence-corrected chi connectivity index (χ1v) is 7.56. The number of nitrogens with zero attached hydrogens (tertiary/aromatic N) is 3. The molecule has 0 spiro atoms. The molecular weight excluding hydrogens is 302 g/mol. The van der Waals surface area contributed by atoms with E-state index in [1.165, 1.54) is 0 Å². The van der Waals surface area contributed by atoms with E-state index in [0.29, 0.717) is 28.2 Å². The van der Waals surface area contributed by atoms with Crippen LogP contribution in [0, 0.1) is 0 Å². The fraction of sp³-hybridized carbons (Fsp3) is 0.111. The number of fused-ring (bicyclic) bond motifs is 1. The molecule has 2 heterocycles. The van der Waals surface area contributed by atoms with Gasteiger partial charge in [0.2, 0.25) is 0 Å². The molecular formula is C18H17N5O. The molecule has 3 rings (SSSR count). The van der Waals surface area contributed by atoms with Crippen molar-refractivity contribution in [3.8, 4) is 0 Å². The maximum absolute atomic E-state index is 12.3. The van der Waals surface area contributed by atoms with Crippen molar-refractivity contribution >= 4 is 28.3 Å². The number of hydrogen-bond acceptors (Lipinski definition) is 4. The summed E-state index contributed by atoms with van der Waals surface area (Å²) in [7, 11) is 0. The van der Waals surface area contributed by atoms with E-state index >= 15 is 0 Å². The average molecular weight is 319 g/mol. The lowest BCUT2D eigenvalue weighted by atomic mass is 10.2. The number of anilines is 1. The van der Waals surface area contributed by atoms with Crippen molar-refractivity contribution in [3.63, 3.8) is 0 Å². The van der Waals surface area contributed by atoms with Crippen molar-refractivity contribution in [1.29, 1.82) is 0 Å². The summed E-state index contributed by atoms with van der Waals surface area (Å²) in [6, 6.07) is 8.98. The van der Waals surface area contributed by atoms with E-state index in [2.05, 4.69) is 25.5 Å². The van der Waals surface area contributed by atoms with Gasteiger partial charge in [-0.3, -0.25) is 9.89 Å². The number of rotatable bonds is 4. The van der Waals surface area contributed by atoms with Gasteiger partial charge in [0.1, 0.15) is 11.0 Å². The Labute approximate surface area is 139 Å². The van der Waals surface area contributed by atoms with Crippen molar-refractivity contribution in [3.05, 3.63) is 66.1 Å². The molecule has 0 aliphatic rings. The molecule has 1 aromatic carbocycles. The molecule has 2 aromatic heterocycles. The van der Waals surface area contributed by atoms with Crippen molar-refractivity contribution in [2.24, 2.45) is 0 Å². The van der Waals surface area contributed by atoms with Gasteiger partial charge in [0.15, 0.2) is 11.6 Å². The van der Waals surface area contributed by atoms with E-state index in [9.17, 15) is 4.79 Å². The summed E-state index contributed by atoms with van der Waals surface area (Å²) < 4.78 is 0. The number of nitrogens with one attached hydrogen (secondary N) is 2. The molecule has 24 heavy (non-hydrogen) atoms. The molecule has 0 saturated carbocycles. The van der Waals surface area contributed by atoms with Crippen LogP contribution in [0.25, 0.3) is 16.6 Å². The summed E-state index contributed by atoms with van der Waals surface area (Å²) in [5.74, 6) is 0.754. The molecule has 2 N–H and O–H groups in total. The Kier molecular flexibility index (Phi) is 4.47. The zero-order valence-corrected chi connectivity index (χ0v) is 13.4. The van der Waals surface area contributed by atoms with Crippen molar-refractivity contribution < 1.29 is 4.79 Å². The molecule has 0 atom stereocenters. The van der Waals surface area contributed by atoms with Crippen LogP contribution in [0.2, 0.25) is 0 Å². The average Bonchev–Trinajstić information content (AvgIpc) is 3.02. The second-order valence-electron chi connectivity index (χ2n) is 5.22. The largest absolute Gasteiger partial charge is 0.303 e. The second-order valence-corrected chi connectivity index (χ2v) is 5.22. The third-order valence-electron chi connectivity index (χ3n) is 3.46. The topological polar surface area (TPSA) is 83.6 Å². The Bertz CT molecular complexity index is 925. The lowest BCUT2D eigenvalue weighted by Gasteiger charge is -2.03. The lowest BCUT2D eigenvalue weighted by Crippen LogP contribution is -2.12. The number of aromatic nitrogens is 4. The fourth-order valence-electron chi connectivity index (χ4n) is 2.17. The number of benzene rings is 1. The number of amides is 1. The number of carbonyl (C=O) groups is 1. The van der Waals surface area contributed by atoms with E-state index in [1.54, 1.807) is 18.3 Å². The van der Waals surface area contributed by atoms with Gasteiger partial charge >= 0.3 is 0 Å². The molecule has 0 aliphatic heterocycles. The number of H-pyrrole nitrogens is 1. The SMILES string of the molecule is C/C=C\C=C(/C)c1ncc2[nH]nc(NC(=O)c3ccccc3)c2n1. The Hall–Kier alpha value is -3.28. The Morgan fingerprint density at radius 3 is 2.79 bits per heavy atom. The summed E-state index contributed by atoms with van der Waals surface area (Å²) in [5.41, 5.74) is 2.74. The minimum absolute atomic E-state index is 0.231. The van der Waals surface area contributed by atoms with Crippen molar-refractivity contribution in [2.75, 3.05) is 5.32 Å². The van der Waals surface area contributed by atoms with Gasteiger partial charge in [-0.15, -0.1) is 0 Å². The third-order valence-corrected chi connectivity index (χ3v) is 3.46. The van der Waals surface area contributed by atoms with Crippen LogP contribution < -0.4 is 5.32 Å². The van der Waals surface area contributed by atoms with E-state index in [4.69, 9.17) is 0 Å². The first kappa shape index (κ1) is 15.6. The molecule has 0 bridgehead atoms. The van der Waals surface area contributed by atoms with Crippen molar-refractivity contribution in [1.82, 2.24) is 20.2 Å². The second kappa shape index (κ2) is 6.87. The van der Waals surface area contributed by atoms with Crippen LogP contribution in [0.4, 0.5) is 5.82 Å². The quantitative estimate of drug-likeness (QED) is 0.720. The van der Waals surface area contributed by atoms with Crippen LogP contribution in [0.3, 0.4) is 0 Å². The monoisotopic (exact) mass is 319 g/mol. The van der Waals surface area contributed by atoms with Gasteiger partial charge in [-0.05, 0) is 31.6 Å². The van der Waals surface area contributed by atoms with Crippen molar-refractivity contribution in [2.45, 2.75) is 13.8 Å². The third kappa shape index (κ3) is 3.22. The van der Waals surface area contributed by atoms with Gasteiger partial charge in [0.05, 0.1) is 6.20 Å². The van der Waals surface area contributed by atoms with Crippen LogP contribution >= 0.6 is 0 Å². The normalized spacial score (nSPS) is 12.0. The standard InChI is InChI=1S/C18H17N5O/c1-3-4-8-12(2)16-19-11-14-15(20-16)17(23-22-14)21-18(24)13-9-6-5-7-10-13/h3-11H,1-2H3,(H2,21,22,23,24)/b4-3-,12-8+. The minimum atomic E-state index is -0.231. The number of hydrogen-bond donors (Lipinski definition) is 2. The first-order valence-electron chi connectivity index (χ1n) is 7.56. The smallest absolute Gasteiger partial charge is 0.256 e. The van der Waals surface area contributed by atoms with Gasteiger partial charge in [-0.1, -0.05) is 36.4 Å². The molecule has 1 amide bonds. The maximum atomic E-state index is 12.3. The zero-order chi connectivity index (χ0) is 16.9. The molecule has 0 aliphatic carbocycles. The molecule has 6 nitrogen and oxygen atoms in total. The van der Waals surface area contributed by atoms with E-state index < -0.39 is 0 Å². The highest BCUT2D eigenvalue weighted by Crippen LogP contribution is 2.20. The minimum Gasteiger partial charge on any atom is -0.303 e. The highest BCUT2D eigenvalue weighted by Gasteiger charge is 2.13. The Balaban J connectivity index is 1.93. The molecule has 0 radical (unpaired) electrons. The molecule has 120 valence electrons. The van der Waals surface area contributed by atoms with Gasteiger partial charge in [0, 0.05) is 5.56 Å². The van der Waals surface area contributed by atoms with Crippen LogP contribution in [0.5, 0.6) is 0 Å². The van der Waals surface area contributed by atoms with Gasteiger partial charge < -0.3 is 5.32 Å². The van der Waals surface area contributed by atoms with Crippen LogP contribution in [0.15, 0.2) is 54.8 Å². The predicted octanol–water partition coefficient (Wildman–Crippen LogP) is 3.58. The van der Waals surface area contributed by atoms with Gasteiger partial charge in [-0.2, -0.15) is 5.10 Å². The Morgan fingerprint density at radius 2 is 2.04 bits per heavy atom. The highest BCUT2D eigenvalue weighted by molar-refractivity contribution is 6.07. The molecule has 0 unspecified atom stereocenters. The van der Waals surface area contributed by atoms with E-state index in [-0.39, 0.29) is 5.91 Å². The Morgan fingerprint density at radius 1 is 1.25 bits per heavy atom. The van der Waals surface area contributed by atoms with Crippen LogP contribution in [0.1, 0.15) is 30.0 Å². The summed E-state index contributed by atoms with van der Waals surface area (Å²) in [5, 5.41) is 9.75. The van der Waals surface area contributed by atoms with Gasteiger partial charge in [0.25, 0.3) is 5.91 Å². The molecule has 0 fully saturated rings. The fourth-order valence-corrected chi connectivity index (χ4v) is 2.17. The predicted molar refractivity (Wildman–Crippen MR) is 94.5 cm³/mol. The lowest BCUT2D eigenvalue weighted by molar-refractivity contribution is 0.102. The summed E-state index contributed by atoms with van der Waals surface area (Å²) >= 11 is 0. The van der Waals surface area contributed by atoms with Crippen LogP contribution in [-0.2, 0) is 0 Å². The molecule has 3 aromatic rings. The van der Waals surface area contributed by atoms with Crippen LogP contribution in [-0.4, -0.2) is 26.1 Å². The highest BCUT2D eigenvalue weighted by atomic mass is 16.1. The maximum Gasteiger partial charge on any atom is 0.256 e. The van der Waals surface area contributed by atoms with E-state index in [0.717, 1.165) is 5.57 Å². The van der Waals surface area contributed by atoms with Gasteiger partial charge in [-0.25, -0.2) is 9.97 Å². The zero-order valence-electron chi connectivity index (χ0n) is 13.4. The first-order chi connectivity index (χ1) is 11.7.